The number of ether oxygens (including phenoxy) is 1. The second kappa shape index (κ2) is 10.2. The molecule has 6 nitrogen and oxygen atoms in total. The molecule has 2 saturated carbocycles. The summed E-state index contributed by atoms with van der Waals surface area (Å²) in [7, 11) is 0. The highest BCUT2D eigenvalue weighted by molar-refractivity contribution is 5.84. The van der Waals surface area contributed by atoms with E-state index < -0.39 is 29.5 Å². The van der Waals surface area contributed by atoms with Crippen LogP contribution in [0, 0.1) is 5.82 Å². The van der Waals surface area contributed by atoms with Gasteiger partial charge >= 0.3 is 6.18 Å². The molecule has 194 valence electrons. The van der Waals surface area contributed by atoms with Gasteiger partial charge in [0.1, 0.15) is 11.9 Å². The van der Waals surface area contributed by atoms with E-state index in [1.54, 1.807) is 0 Å². The molecule has 2 fully saturated rings. The SMILES string of the molecule is CCNc1cc2c(cn1)c(C1CCCCC1)nn2[C@H]1CC[C@@H](Oc2nccc(C(F)(F)F)c2F)CC1. The third kappa shape index (κ3) is 4.99. The summed E-state index contributed by atoms with van der Waals surface area (Å²) >= 11 is 0. The number of rotatable bonds is 6. The van der Waals surface area contributed by atoms with E-state index in [4.69, 9.17) is 9.84 Å². The van der Waals surface area contributed by atoms with Gasteiger partial charge in [0.15, 0.2) is 5.82 Å². The Morgan fingerprint density at radius 1 is 1.06 bits per heavy atom. The standard InChI is InChI=1S/C26H31F4N5O/c1-2-31-22-14-21-19(15-33-22)24(16-6-4-3-5-7-16)34-35(21)17-8-10-18(11-9-17)36-25-23(27)20(12-13-32-25)26(28,29)30/h12-18H,2-11H2,1H3,(H,31,33)/t17-,18+. The number of anilines is 1. The van der Waals surface area contributed by atoms with Gasteiger partial charge in [0.2, 0.25) is 0 Å². The number of hydrogen-bond donors (Lipinski definition) is 1. The van der Waals surface area contributed by atoms with Gasteiger partial charge in [-0.05, 0) is 51.5 Å². The van der Waals surface area contributed by atoms with E-state index in [0.717, 1.165) is 60.8 Å². The van der Waals surface area contributed by atoms with Gasteiger partial charge in [0.05, 0.1) is 22.8 Å². The molecule has 3 aromatic heterocycles. The summed E-state index contributed by atoms with van der Waals surface area (Å²) in [5, 5.41) is 9.48. The molecule has 0 aromatic carbocycles. The number of nitrogens with zero attached hydrogens (tertiary/aromatic N) is 4. The van der Waals surface area contributed by atoms with Gasteiger partial charge in [-0.25, -0.2) is 14.4 Å². The van der Waals surface area contributed by atoms with Crippen molar-refractivity contribution in [1.82, 2.24) is 19.7 Å². The summed E-state index contributed by atoms with van der Waals surface area (Å²) in [6, 6.07) is 2.81. The predicted molar refractivity (Wildman–Crippen MR) is 129 cm³/mol. The molecule has 0 spiro atoms. The van der Waals surface area contributed by atoms with Crippen LogP contribution in [0.3, 0.4) is 0 Å². The third-order valence-corrected chi connectivity index (χ3v) is 7.40. The van der Waals surface area contributed by atoms with Crippen LogP contribution in [0.2, 0.25) is 0 Å². The lowest BCUT2D eigenvalue weighted by Gasteiger charge is -2.29. The first kappa shape index (κ1) is 24.8. The van der Waals surface area contributed by atoms with E-state index in [0.29, 0.717) is 24.8 Å². The van der Waals surface area contributed by atoms with Crippen LogP contribution >= 0.6 is 0 Å². The zero-order chi connectivity index (χ0) is 25.3. The normalized spacial score (nSPS) is 21.6. The number of pyridine rings is 2. The molecule has 1 N–H and O–H groups in total. The number of fused-ring (bicyclic) bond motifs is 1. The summed E-state index contributed by atoms with van der Waals surface area (Å²) < 4.78 is 61.2. The maximum absolute atomic E-state index is 14.4. The van der Waals surface area contributed by atoms with Gasteiger partial charge in [-0.2, -0.15) is 18.3 Å². The van der Waals surface area contributed by atoms with Crippen LogP contribution in [0.25, 0.3) is 10.9 Å². The Labute approximate surface area is 207 Å². The average molecular weight is 506 g/mol. The van der Waals surface area contributed by atoms with Crippen LogP contribution in [-0.2, 0) is 6.18 Å². The highest BCUT2D eigenvalue weighted by Crippen LogP contribution is 2.40. The Kier molecular flexibility index (Phi) is 7.03. The molecule has 0 bridgehead atoms. The highest BCUT2D eigenvalue weighted by Gasteiger charge is 2.36. The molecule has 2 aliphatic rings. The lowest BCUT2D eigenvalue weighted by atomic mass is 9.86. The lowest BCUT2D eigenvalue weighted by Crippen LogP contribution is -2.27. The van der Waals surface area contributed by atoms with Crippen LogP contribution < -0.4 is 10.1 Å². The predicted octanol–water partition coefficient (Wildman–Crippen LogP) is 7.03. The molecule has 10 heteroatoms. The first-order valence-electron chi connectivity index (χ1n) is 12.9. The van der Waals surface area contributed by atoms with Crippen molar-refractivity contribution >= 4 is 16.7 Å². The van der Waals surface area contributed by atoms with Crippen LogP contribution in [0.4, 0.5) is 23.4 Å². The van der Waals surface area contributed by atoms with Gasteiger partial charge in [-0.15, -0.1) is 0 Å². The fourth-order valence-electron chi connectivity index (χ4n) is 5.58. The summed E-state index contributed by atoms with van der Waals surface area (Å²) in [5.74, 6) is -0.794. The topological polar surface area (TPSA) is 64.9 Å². The summed E-state index contributed by atoms with van der Waals surface area (Å²) in [6.07, 6.45) is 6.25. The Morgan fingerprint density at radius 2 is 1.81 bits per heavy atom. The number of hydrogen-bond acceptors (Lipinski definition) is 5. The van der Waals surface area contributed by atoms with Gasteiger partial charge in [-0.1, -0.05) is 19.3 Å². The Hall–Kier alpha value is -2.91. The average Bonchev–Trinajstić information content (AvgIpc) is 3.25. The Balaban J connectivity index is 1.35. The van der Waals surface area contributed by atoms with Crippen molar-refractivity contribution in [2.24, 2.45) is 0 Å². The van der Waals surface area contributed by atoms with Gasteiger partial charge in [0, 0.05) is 36.3 Å². The lowest BCUT2D eigenvalue weighted by molar-refractivity contribution is -0.140. The van der Waals surface area contributed by atoms with E-state index in [1.165, 1.54) is 19.3 Å². The molecular formula is C26H31F4N5O. The second-order valence-corrected chi connectivity index (χ2v) is 9.81. The van der Waals surface area contributed by atoms with Crippen molar-refractivity contribution in [2.45, 2.75) is 89.0 Å². The Morgan fingerprint density at radius 3 is 2.50 bits per heavy atom. The molecule has 0 atom stereocenters. The minimum absolute atomic E-state index is 0.126. The minimum Gasteiger partial charge on any atom is -0.472 e. The monoisotopic (exact) mass is 505 g/mol. The first-order valence-corrected chi connectivity index (χ1v) is 12.9. The Bertz CT molecular complexity index is 1200. The fraction of sp³-hybridized carbons (Fsp3) is 0.577. The highest BCUT2D eigenvalue weighted by atomic mass is 19.4. The van der Waals surface area contributed by atoms with E-state index in [1.807, 2.05) is 13.1 Å². The molecule has 0 aliphatic heterocycles. The van der Waals surface area contributed by atoms with Gasteiger partial charge in [-0.3, -0.25) is 4.68 Å². The molecule has 5 rings (SSSR count). The van der Waals surface area contributed by atoms with E-state index in [2.05, 4.69) is 26.0 Å². The largest absolute Gasteiger partial charge is 0.472 e. The maximum Gasteiger partial charge on any atom is 0.419 e. The van der Waals surface area contributed by atoms with Crippen LogP contribution in [0.5, 0.6) is 5.88 Å². The van der Waals surface area contributed by atoms with Crippen molar-refractivity contribution in [1.29, 1.82) is 0 Å². The van der Waals surface area contributed by atoms with Crippen molar-refractivity contribution in [3.63, 3.8) is 0 Å². The van der Waals surface area contributed by atoms with Crippen molar-refractivity contribution < 1.29 is 22.3 Å². The number of nitrogens with one attached hydrogen (secondary N) is 1. The maximum atomic E-state index is 14.4. The van der Waals surface area contributed by atoms with Gasteiger partial charge in [0.25, 0.3) is 5.88 Å². The molecule has 3 heterocycles. The second-order valence-electron chi connectivity index (χ2n) is 9.81. The molecule has 3 aromatic rings. The molecule has 0 unspecified atom stereocenters. The summed E-state index contributed by atoms with van der Waals surface area (Å²) in [4.78, 5) is 8.31. The molecule has 0 amide bonds. The van der Waals surface area contributed by atoms with E-state index >= 15 is 0 Å². The van der Waals surface area contributed by atoms with Crippen molar-refractivity contribution in [3.05, 3.63) is 41.6 Å². The quantitative estimate of drug-likeness (QED) is 0.365. The van der Waals surface area contributed by atoms with Crippen molar-refractivity contribution in [2.75, 3.05) is 11.9 Å². The zero-order valence-corrected chi connectivity index (χ0v) is 20.3. The molecule has 0 radical (unpaired) electrons. The smallest absolute Gasteiger partial charge is 0.419 e. The number of alkyl halides is 3. The van der Waals surface area contributed by atoms with Crippen molar-refractivity contribution in [3.8, 4) is 5.88 Å². The molecular weight excluding hydrogens is 474 g/mol. The number of aromatic nitrogens is 4. The fourth-order valence-corrected chi connectivity index (χ4v) is 5.58. The van der Waals surface area contributed by atoms with Crippen LogP contribution in [-0.4, -0.2) is 32.4 Å². The van der Waals surface area contributed by atoms with Crippen LogP contribution in [0.1, 0.15) is 87.9 Å². The summed E-state index contributed by atoms with van der Waals surface area (Å²) in [5.41, 5.74) is 0.815. The minimum atomic E-state index is -4.79. The zero-order valence-electron chi connectivity index (χ0n) is 20.3. The molecule has 2 aliphatic carbocycles. The first-order chi connectivity index (χ1) is 17.3. The summed E-state index contributed by atoms with van der Waals surface area (Å²) in [6.45, 7) is 2.80. The van der Waals surface area contributed by atoms with Crippen LogP contribution in [0.15, 0.2) is 24.5 Å². The van der Waals surface area contributed by atoms with E-state index in [-0.39, 0.29) is 6.04 Å². The van der Waals surface area contributed by atoms with Gasteiger partial charge < -0.3 is 10.1 Å². The third-order valence-electron chi connectivity index (χ3n) is 7.40. The molecule has 0 saturated heterocycles. The van der Waals surface area contributed by atoms with E-state index in [9.17, 15) is 17.6 Å². The number of halogens is 4. The molecule has 36 heavy (non-hydrogen) atoms.